The summed E-state index contributed by atoms with van der Waals surface area (Å²) in [5.74, 6) is 2.49. The van der Waals surface area contributed by atoms with Crippen LogP contribution in [0.25, 0.3) is 11.5 Å². The Morgan fingerprint density at radius 2 is 1.62 bits per heavy atom. The number of benzene rings is 2. The van der Waals surface area contributed by atoms with E-state index in [0.29, 0.717) is 33.7 Å². The van der Waals surface area contributed by atoms with Crippen LogP contribution in [0.5, 0.6) is 5.75 Å². The Morgan fingerprint density at radius 1 is 0.897 bits per heavy atom. The maximum absolute atomic E-state index is 5.89. The Kier molecular flexibility index (Phi) is 5.82. The molecule has 0 saturated carbocycles. The monoisotopic (exact) mass is 428 g/mol. The summed E-state index contributed by atoms with van der Waals surface area (Å²) in [6.07, 6.45) is 0. The molecule has 29 heavy (non-hydrogen) atoms. The summed E-state index contributed by atoms with van der Waals surface area (Å²) in [5, 5.41) is 17.2. The van der Waals surface area contributed by atoms with Gasteiger partial charge in [-0.05, 0) is 61.4 Å². The van der Waals surface area contributed by atoms with Gasteiger partial charge in [0.05, 0.1) is 5.75 Å². The molecule has 0 radical (unpaired) electrons. The highest BCUT2D eigenvalue weighted by molar-refractivity contribution is 7.98. The van der Waals surface area contributed by atoms with Gasteiger partial charge in [0.25, 0.3) is 11.1 Å². The molecule has 4 rings (SSSR count). The van der Waals surface area contributed by atoms with Crippen molar-refractivity contribution in [1.82, 2.24) is 20.4 Å². The maximum Gasteiger partial charge on any atom is 0.277 e. The van der Waals surface area contributed by atoms with E-state index >= 15 is 0 Å². The molecule has 0 fully saturated rings. The van der Waals surface area contributed by atoms with Crippen molar-refractivity contribution >= 4 is 23.4 Å². The van der Waals surface area contributed by atoms with Crippen molar-refractivity contribution in [3.63, 3.8) is 0 Å². The summed E-state index contributed by atoms with van der Waals surface area (Å²) in [7, 11) is 0. The van der Waals surface area contributed by atoms with Gasteiger partial charge in [-0.15, -0.1) is 20.4 Å². The van der Waals surface area contributed by atoms with Crippen LogP contribution < -0.4 is 4.74 Å². The number of hydrogen-bond acceptors (Lipinski definition) is 8. The molecule has 0 unspecified atom stereocenters. The predicted molar refractivity (Wildman–Crippen MR) is 109 cm³/mol. The molecule has 0 saturated heterocycles. The fraction of sp³-hybridized carbons (Fsp3) is 0.200. The molecule has 0 aliphatic heterocycles. The fourth-order valence-corrected chi connectivity index (χ4v) is 3.40. The van der Waals surface area contributed by atoms with Crippen molar-refractivity contribution in [2.75, 3.05) is 0 Å². The average Bonchev–Trinajstić information content (AvgIpc) is 3.34. The zero-order chi connectivity index (χ0) is 20.2. The second-order valence-corrected chi connectivity index (χ2v) is 7.73. The third-order valence-electron chi connectivity index (χ3n) is 3.88. The van der Waals surface area contributed by atoms with Crippen LogP contribution in [0, 0.1) is 13.8 Å². The van der Waals surface area contributed by atoms with Crippen LogP contribution in [0.3, 0.4) is 0 Å². The summed E-state index contributed by atoms with van der Waals surface area (Å²) < 4.78 is 17.0. The third-order valence-corrected chi connectivity index (χ3v) is 4.94. The lowest BCUT2D eigenvalue weighted by atomic mass is 10.1. The van der Waals surface area contributed by atoms with E-state index in [1.54, 1.807) is 12.1 Å². The molecule has 0 bridgehead atoms. The van der Waals surface area contributed by atoms with Crippen molar-refractivity contribution in [1.29, 1.82) is 0 Å². The lowest BCUT2D eigenvalue weighted by Crippen LogP contribution is -1.96. The number of rotatable bonds is 7. The van der Waals surface area contributed by atoms with Crippen LogP contribution in [-0.4, -0.2) is 20.4 Å². The normalized spacial score (nSPS) is 11.0. The smallest absolute Gasteiger partial charge is 0.277 e. The van der Waals surface area contributed by atoms with Gasteiger partial charge in [0.1, 0.15) is 5.75 Å². The maximum atomic E-state index is 5.89. The first-order valence-electron chi connectivity index (χ1n) is 8.80. The number of aryl methyl sites for hydroxylation is 2. The Bertz CT molecular complexity index is 1090. The van der Waals surface area contributed by atoms with Crippen LogP contribution in [0.4, 0.5) is 0 Å². The number of hydrogen-bond donors (Lipinski definition) is 0. The molecule has 148 valence electrons. The molecule has 0 aliphatic rings. The Labute approximate surface area is 176 Å². The SMILES string of the molecule is Cc1cc(C)cc(OCc2nnc(SCc3nnc(-c4ccc(Cl)cc4)o3)o2)c1. The number of ether oxygens (including phenoxy) is 1. The minimum atomic E-state index is 0.206. The van der Waals surface area contributed by atoms with E-state index in [2.05, 4.69) is 26.5 Å². The van der Waals surface area contributed by atoms with Gasteiger partial charge >= 0.3 is 0 Å². The van der Waals surface area contributed by atoms with Gasteiger partial charge in [-0.3, -0.25) is 0 Å². The Morgan fingerprint density at radius 3 is 2.38 bits per heavy atom. The first-order chi connectivity index (χ1) is 14.0. The van der Waals surface area contributed by atoms with Crippen LogP contribution in [-0.2, 0) is 12.4 Å². The molecular formula is C20H17ClN4O3S. The molecule has 2 aromatic heterocycles. The Balaban J connectivity index is 1.32. The Hall–Kier alpha value is -2.84. The molecule has 4 aromatic rings. The standard InChI is InChI=1S/C20H17ClN4O3S/c1-12-7-13(2)9-16(8-12)26-10-17-22-25-20(28-17)29-11-18-23-24-19(27-18)14-3-5-15(21)6-4-14/h3-9H,10-11H2,1-2H3. The first-order valence-corrected chi connectivity index (χ1v) is 10.2. The van der Waals surface area contributed by atoms with Crippen LogP contribution >= 0.6 is 23.4 Å². The first kappa shape index (κ1) is 19.5. The van der Waals surface area contributed by atoms with E-state index < -0.39 is 0 Å². The van der Waals surface area contributed by atoms with Crippen molar-refractivity contribution < 1.29 is 13.6 Å². The van der Waals surface area contributed by atoms with E-state index in [9.17, 15) is 0 Å². The van der Waals surface area contributed by atoms with Gasteiger partial charge in [-0.2, -0.15) is 0 Å². The van der Waals surface area contributed by atoms with Gasteiger partial charge in [-0.25, -0.2) is 0 Å². The largest absolute Gasteiger partial charge is 0.484 e. The number of aromatic nitrogens is 4. The van der Waals surface area contributed by atoms with E-state index in [4.69, 9.17) is 25.2 Å². The summed E-state index contributed by atoms with van der Waals surface area (Å²) in [5.41, 5.74) is 3.08. The molecule has 0 spiro atoms. The highest BCUT2D eigenvalue weighted by Crippen LogP contribution is 2.25. The van der Waals surface area contributed by atoms with E-state index in [1.807, 2.05) is 38.1 Å². The van der Waals surface area contributed by atoms with Crippen molar-refractivity contribution in [3.05, 3.63) is 70.4 Å². The minimum absolute atomic E-state index is 0.206. The average molecular weight is 429 g/mol. The zero-order valence-electron chi connectivity index (χ0n) is 15.8. The van der Waals surface area contributed by atoms with Gasteiger partial charge < -0.3 is 13.6 Å². The molecule has 2 aromatic carbocycles. The molecule has 7 nitrogen and oxygen atoms in total. The van der Waals surface area contributed by atoms with Crippen molar-refractivity contribution in [2.24, 2.45) is 0 Å². The lowest BCUT2D eigenvalue weighted by Gasteiger charge is -2.05. The van der Waals surface area contributed by atoms with Crippen molar-refractivity contribution in [2.45, 2.75) is 31.4 Å². The number of thioether (sulfide) groups is 1. The predicted octanol–water partition coefficient (Wildman–Crippen LogP) is 5.26. The summed E-state index contributed by atoms with van der Waals surface area (Å²) in [4.78, 5) is 0. The number of halogens is 1. The number of nitrogens with zero attached hydrogens (tertiary/aromatic N) is 4. The van der Waals surface area contributed by atoms with Crippen LogP contribution in [0.15, 0.2) is 56.5 Å². The molecule has 0 amide bonds. The highest BCUT2D eigenvalue weighted by atomic mass is 35.5. The van der Waals surface area contributed by atoms with Gasteiger partial charge in [-0.1, -0.05) is 29.4 Å². The minimum Gasteiger partial charge on any atom is -0.484 e. The molecule has 0 atom stereocenters. The second kappa shape index (κ2) is 8.67. The van der Waals surface area contributed by atoms with Gasteiger partial charge in [0.2, 0.25) is 11.8 Å². The quantitative estimate of drug-likeness (QED) is 0.368. The van der Waals surface area contributed by atoms with Crippen molar-refractivity contribution in [3.8, 4) is 17.2 Å². The van der Waals surface area contributed by atoms with Gasteiger partial charge in [0, 0.05) is 10.6 Å². The molecule has 2 heterocycles. The van der Waals surface area contributed by atoms with Crippen LogP contribution in [0.1, 0.15) is 22.9 Å². The molecule has 9 heteroatoms. The molecule has 0 N–H and O–H groups in total. The fourth-order valence-electron chi connectivity index (χ4n) is 2.66. The zero-order valence-corrected chi connectivity index (χ0v) is 17.3. The topological polar surface area (TPSA) is 87.1 Å². The van der Waals surface area contributed by atoms with Crippen LogP contribution in [0.2, 0.25) is 5.02 Å². The summed E-state index contributed by atoms with van der Waals surface area (Å²) in [6, 6.07) is 13.2. The molecular weight excluding hydrogens is 412 g/mol. The van der Waals surface area contributed by atoms with E-state index in [0.717, 1.165) is 22.4 Å². The van der Waals surface area contributed by atoms with E-state index in [-0.39, 0.29) is 6.61 Å². The van der Waals surface area contributed by atoms with E-state index in [1.165, 1.54) is 11.8 Å². The summed E-state index contributed by atoms with van der Waals surface area (Å²) in [6.45, 7) is 4.26. The third kappa shape index (κ3) is 5.16. The lowest BCUT2D eigenvalue weighted by molar-refractivity contribution is 0.252. The molecule has 0 aliphatic carbocycles. The summed E-state index contributed by atoms with van der Waals surface area (Å²) >= 11 is 7.21. The second-order valence-electron chi connectivity index (χ2n) is 6.37. The van der Waals surface area contributed by atoms with Gasteiger partial charge in [0.15, 0.2) is 6.61 Å². The highest BCUT2D eigenvalue weighted by Gasteiger charge is 2.12.